The molecular weight excluding hydrogens is 803 g/mol. The summed E-state index contributed by atoms with van der Waals surface area (Å²) in [5, 5.41) is 13.1. The van der Waals surface area contributed by atoms with Gasteiger partial charge in [-0.3, -0.25) is 4.57 Å². The number of hydrogen-bond acceptors (Lipinski definition) is 5. The Morgan fingerprint density at radius 1 is 0.453 bits per heavy atom. The summed E-state index contributed by atoms with van der Waals surface area (Å²) in [6.07, 6.45) is -0.369. The Bertz CT molecular complexity index is 4110. The normalized spacial score (nSPS) is 14.4. The minimum Gasteiger partial charge on any atom is -0.453 e. The number of hydrogen-bond donors (Lipinski definition) is 1. The molecule has 9 aromatic carbocycles. The molecule has 7 heteroatoms. The van der Waals surface area contributed by atoms with Crippen LogP contribution < -0.4 is 5.32 Å². The molecule has 1 atom stereocenters. The SMILES string of the molecule is c1ccc(-c2cccc3c2oc2c(-n4c5ccccc5c5cc6c7ccccc7n(C7=NC(c8ccccc8)NC(c8cccc9c8sc8ccccc89)=N7)c6cc54)cccc23)cc1. The lowest BCUT2D eigenvalue weighted by atomic mass is 10.0. The van der Waals surface area contributed by atoms with Crippen LogP contribution >= 0.6 is 11.3 Å². The van der Waals surface area contributed by atoms with E-state index in [2.05, 4.69) is 215 Å². The summed E-state index contributed by atoms with van der Waals surface area (Å²) in [6.45, 7) is 0. The highest BCUT2D eigenvalue weighted by Gasteiger charge is 2.27. The van der Waals surface area contributed by atoms with Crippen molar-refractivity contribution < 1.29 is 4.42 Å². The number of rotatable bonds is 4. The minimum atomic E-state index is -0.369. The van der Waals surface area contributed by atoms with Crippen molar-refractivity contribution in [3.05, 3.63) is 211 Å². The van der Waals surface area contributed by atoms with E-state index in [9.17, 15) is 0 Å². The zero-order chi connectivity index (χ0) is 41.9. The molecule has 0 radical (unpaired) electrons. The van der Waals surface area contributed by atoms with Crippen molar-refractivity contribution in [2.24, 2.45) is 9.98 Å². The van der Waals surface area contributed by atoms with Gasteiger partial charge >= 0.3 is 0 Å². The highest BCUT2D eigenvalue weighted by molar-refractivity contribution is 7.26. The molecule has 300 valence electrons. The maximum Gasteiger partial charge on any atom is 0.234 e. The highest BCUT2D eigenvalue weighted by Crippen LogP contribution is 2.43. The van der Waals surface area contributed by atoms with Crippen molar-refractivity contribution in [1.29, 1.82) is 0 Å². The van der Waals surface area contributed by atoms with E-state index in [4.69, 9.17) is 14.4 Å². The first-order valence-corrected chi connectivity index (χ1v) is 22.4. The molecule has 4 aromatic heterocycles. The van der Waals surface area contributed by atoms with Crippen molar-refractivity contribution >= 4 is 109 Å². The van der Waals surface area contributed by atoms with Crippen LogP contribution in [0.5, 0.6) is 0 Å². The zero-order valence-corrected chi connectivity index (χ0v) is 35.1. The number of nitrogens with one attached hydrogen (secondary N) is 1. The van der Waals surface area contributed by atoms with Crippen LogP contribution in [-0.4, -0.2) is 20.9 Å². The van der Waals surface area contributed by atoms with Gasteiger partial charge in [0.2, 0.25) is 5.96 Å². The largest absolute Gasteiger partial charge is 0.453 e. The molecule has 6 nitrogen and oxygen atoms in total. The Kier molecular flexibility index (Phi) is 7.52. The summed E-state index contributed by atoms with van der Waals surface area (Å²) in [7, 11) is 0. The summed E-state index contributed by atoms with van der Waals surface area (Å²) >= 11 is 1.81. The van der Waals surface area contributed by atoms with Crippen LogP contribution in [0.4, 0.5) is 0 Å². The zero-order valence-electron chi connectivity index (χ0n) is 34.2. The van der Waals surface area contributed by atoms with Crippen LogP contribution in [0, 0.1) is 0 Å². The summed E-state index contributed by atoms with van der Waals surface area (Å²) < 4.78 is 14.1. The summed E-state index contributed by atoms with van der Waals surface area (Å²) in [4.78, 5) is 11.0. The molecule has 64 heavy (non-hydrogen) atoms. The van der Waals surface area contributed by atoms with E-state index < -0.39 is 0 Å². The van der Waals surface area contributed by atoms with Crippen LogP contribution in [0.25, 0.3) is 103 Å². The van der Waals surface area contributed by atoms with Gasteiger partial charge in [-0.2, -0.15) is 4.99 Å². The second-order valence-corrected chi connectivity index (χ2v) is 17.6. The first-order chi connectivity index (χ1) is 31.7. The molecule has 1 N–H and O–H groups in total. The smallest absolute Gasteiger partial charge is 0.234 e. The van der Waals surface area contributed by atoms with Gasteiger partial charge in [-0.25, -0.2) is 4.99 Å². The van der Waals surface area contributed by atoms with Crippen LogP contribution in [0.1, 0.15) is 17.3 Å². The molecule has 5 heterocycles. The minimum absolute atomic E-state index is 0.369. The van der Waals surface area contributed by atoms with Crippen molar-refractivity contribution in [1.82, 2.24) is 14.5 Å². The first-order valence-electron chi connectivity index (χ1n) is 21.6. The molecule has 0 fully saturated rings. The summed E-state index contributed by atoms with van der Waals surface area (Å²) in [6, 6.07) is 71.2. The standard InChI is InChI=1S/C57H35N5OS/c1-3-16-34(17-4-1)36-23-13-24-40-41-25-15-30-48(53(41)63-52(36)40)61-46-28-10-7-20-37(46)44-32-45-38-21-8-11-29-47(38)62(50(45)33-49(44)61)57-59-55(35-18-5-2-6-19-35)58-56(60-57)43-27-14-26-42-39-22-9-12-31-51(39)64-54(42)43/h1-33,55H,(H,58,59,60). The average molecular weight is 838 g/mol. The molecule has 1 unspecified atom stereocenters. The molecule has 0 aliphatic carbocycles. The number of nitrogens with zero attached hydrogens (tertiary/aromatic N) is 4. The van der Waals surface area contributed by atoms with E-state index in [-0.39, 0.29) is 6.17 Å². The molecule has 0 saturated carbocycles. The molecule has 1 aliphatic heterocycles. The van der Waals surface area contributed by atoms with Gasteiger partial charge in [0.1, 0.15) is 17.6 Å². The summed E-state index contributed by atoms with van der Waals surface area (Å²) in [5.74, 6) is 1.42. The molecule has 13 aromatic rings. The van der Waals surface area contributed by atoms with Gasteiger partial charge < -0.3 is 14.3 Å². The maximum atomic E-state index is 7.03. The van der Waals surface area contributed by atoms with Crippen molar-refractivity contribution in [3.8, 4) is 16.8 Å². The Hall–Kier alpha value is -8.26. The van der Waals surface area contributed by atoms with E-state index in [1.54, 1.807) is 0 Å². The topological polar surface area (TPSA) is 59.8 Å². The second-order valence-electron chi connectivity index (χ2n) is 16.5. The van der Waals surface area contributed by atoms with Crippen LogP contribution in [0.3, 0.4) is 0 Å². The molecule has 0 saturated heterocycles. The maximum absolute atomic E-state index is 7.03. The molecule has 1 aliphatic rings. The Labute approximate surface area is 370 Å². The molecule has 0 amide bonds. The lowest BCUT2D eigenvalue weighted by Crippen LogP contribution is -2.35. The number of para-hydroxylation sites is 4. The highest BCUT2D eigenvalue weighted by atomic mass is 32.1. The van der Waals surface area contributed by atoms with E-state index in [0.29, 0.717) is 5.96 Å². The average Bonchev–Trinajstić information content (AvgIpc) is 4.11. The second kappa shape index (κ2) is 13.6. The number of aromatic nitrogens is 2. The molecule has 0 bridgehead atoms. The van der Waals surface area contributed by atoms with E-state index >= 15 is 0 Å². The Morgan fingerprint density at radius 2 is 1.05 bits per heavy atom. The predicted molar refractivity (Wildman–Crippen MR) is 268 cm³/mol. The van der Waals surface area contributed by atoms with Gasteiger partial charge in [-0.1, -0.05) is 158 Å². The fourth-order valence-electron chi connectivity index (χ4n) is 10.1. The van der Waals surface area contributed by atoms with Gasteiger partial charge in [0.25, 0.3) is 0 Å². The Balaban J connectivity index is 1.05. The van der Waals surface area contributed by atoms with Gasteiger partial charge in [0.15, 0.2) is 5.58 Å². The quantitative estimate of drug-likeness (QED) is 0.192. The molecular formula is C57H35N5OS. The van der Waals surface area contributed by atoms with E-state index in [1.807, 2.05) is 11.3 Å². The van der Waals surface area contributed by atoms with Crippen molar-refractivity contribution in [2.75, 3.05) is 0 Å². The third kappa shape index (κ3) is 5.13. The van der Waals surface area contributed by atoms with Crippen LogP contribution in [0.2, 0.25) is 0 Å². The van der Waals surface area contributed by atoms with Crippen molar-refractivity contribution in [3.63, 3.8) is 0 Å². The lowest BCUT2D eigenvalue weighted by Gasteiger charge is -2.24. The fraction of sp³-hybridized carbons (Fsp3) is 0.0175. The number of amidine groups is 1. The Morgan fingerprint density at radius 3 is 1.83 bits per heavy atom. The molecule has 0 spiro atoms. The van der Waals surface area contributed by atoms with Gasteiger partial charge in [0.05, 0.1) is 27.8 Å². The number of aliphatic imine (C=N–C) groups is 2. The summed E-state index contributed by atoms with van der Waals surface area (Å²) in [5.41, 5.74) is 11.3. The van der Waals surface area contributed by atoms with Crippen LogP contribution in [0.15, 0.2) is 215 Å². The van der Waals surface area contributed by atoms with Gasteiger partial charge in [-0.15, -0.1) is 11.3 Å². The molecule has 14 rings (SSSR count). The first kappa shape index (κ1) is 35.3. The van der Waals surface area contributed by atoms with Crippen LogP contribution in [-0.2, 0) is 0 Å². The number of benzene rings is 9. The number of furan rings is 1. The fourth-order valence-corrected chi connectivity index (χ4v) is 11.4. The number of thiophene rings is 1. The van der Waals surface area contributed by atoms with Crippen molar-refractivity contribution in [2.45, 2.75) is 6.17 Å². The van der Waals surface area contributed by atoms with E-state index in [1.165, 1.54) is 30.9 Å². The van der Waals surface area contributed by atoms with Gasteiger partial charge in [-0.05, 0) is 53.6 Å². The number of fused-ring (bicyclic) bond motifs is 12. The van der Waals surface area contributed by atoms with E-state index in [0.717, 1.165) is 88.6 Å². The third-order valence-electron chi connectivity index (χ3n) is 13.0. The lowest BCUT2D eigenvalue weighted by molar-refractivity contribution is 0.667. The van der Waals surface area contributed by atoms with Gasteiger partial charge in [0, 0.05) is 63.6 Å². The third-order valence-corrected chi connectivity index (χ3v) is 14.2. The predicted octanol–water partition coefficient (Wildman–Crippen LogP) is 14.8. The monoisotopic (exact) mass is 837 g/mol.